The molecule has 2 aromatic rings. The summed E-state index contributed by atoms with van der Waals surface area (Å²) in [4.78, 5) is 15.7. The fourth-order valence-corrected chi connectivity index (χ4v) is 2.09. The van der Waals surface area contributed by atoms with Crippen molar-refractivity contribution in [2.75, 3.05) is 6.54 Å². The fourth-order valence-electron chi connectivity index (χ4n) is 1.83. The quantitative estimate of drug-likeness (QED) is 0.757. The second kappa shape index (κ2) is 8.54. The molecule has 1 aromatic carbocycles. The third kappa shape index (κ3) is 6.06. The van der Waals surface area contributed by atoms with Gasteiger partial charge in [-0.2, -0.15) is 0 Å². The maximum Gasteiger partial charge on any atom is 0.221 e. The van der Waals surface area contributed by atoms with Gasteiger partial charge in [-0.25, -0.2) is 0 Å². The second-order valence-corrected chi connectivity index (χ2v) is 5.61. The van der Waals surface area contributed by atoms with Crippen LogP contribution < -0.4 is 10.6 Å². The van der Waals surface area contributed by atoms with Crippen molar-refractivity contribution < 1.29 is 4.79 Å². The van der Waals surface area contributed by atoms with Gasteiger partial charge in [-0.05, 0) is 29.3 Å². The van der Waals surface area contributed by atoms with E-state index in [0.717, 1.165) is 16.6 Å². The summed E-state index contributed by atoms with van der Waals surface area (Å²) in [5, 5.41) is 6.14. The van der Waals surface area contributed by atoms with Crippen molar-refractivity contribution >= 4 is 21.8 Å². The van der Waals surface area contributed by atoms with Gasteiger partial charge in [0.15, 0.2) is 0 Å². The number of amides is 1. The number of carbonyl (C=O) groups excluding carboxylic acids is 1. The smallest absolute Gasteiger partial charge is 0.221 e. The number of carbonyl (C=O) groups is 1. The van der Waals surface area contributed by atoms with E-state index in [-0.39, 0.29) is 5.91 Å². The lowest BCUT2D eigenvalue weighted by atomic mass is 10.2. The number of halogens is 1. The van der Waals surface area contributed by atoms with E-state index in [9.17, 15) is 4.79 Å². The van der Waals surface area contributed by atoms with Gasteiger partial charge in [-0.1, -0.05) is 34.1 Å². The molecule has 0 aliphatic rings. The molecule has 5 heteroatoms. The summed E-state index contributed by atoms with van der Waals surface area (Å²) in [6.07, 6.45) is 3.94. The molecule has 0 aliphatic heterocycles. The molecule has 2 rings (SSSR count). The average molecular weight is 348 g/mol. The van der Waals surface area contributed by atoms with Crippen LogP contribution in [0, 0.1) is 0 Å². The third-order valence-electron chi connectivity index (χ3n) is 2.98. The lowest BCUT2D eigenvalue weighted by Gasteiger charge is -2.07. The number of hydrogen-bond acceptors (Lipinski definition) is 3. The molecule has 0 radical (unpaired) electrons. The van der Waals surface area contributed by atoms with Crippen molar-refractivity contribution in [1.29, 1.82) is 0 Å². The van der Waals surface area contributed by atoms with E-state index in [4.69, 9.17) is 0 Å². The normalized spacial score (nSPS) is 10.3. The predicted molar refractivity (Wildman–Crippen MR) is 86.5 cm³/mol. The first-order chi connectivity index (χ1) is 10.2. The molecule has 1 amide bonds. The minimum atomic E-state index is 0.0437. The van der Waals surface area contributed by atoms with Crippen molar-refractivity contribution in [3.05, 3.63) is 64.4 Å². The van der Waals surface area contributed by atoms with Crippen LogP contribution in [-0.4, -0.2) is 17.4 Å². The summed E-state index contributed by atoms with van der Waals surface area (Å²) < 4.78 is 1.07. The van der Waals surface area contributed by atoms with Crippen LogP contribution in [0.25, 0.3) is 0 Å². The standard InChI is InChI=1S/C16H18BrN3O/c17-15-5-3-13(4-6-15)10-19-9-7-16(21)20-12-14-2-1-8-18-11-14/h1-6,8,11,19H,7,9-10,12H2,(H,20,21). The molecule has 21 heavy (non-hydrogen) atoms. The van der Waals surface area contributed by atoms with Gasteiger partial charge >= 0.3 is 0 Å². The van der Waals surface area contributed by atoms with E-state index in [1.165, 1.54) is 5.56 Å². The average Bonchev–Trinajstić information content (AvgIpc) is 2.52. The van der Waals surface area contributed by atoms with Gasteiger partial charge in [-0.15, -0.1) is 0 Å². The van der Waals surface area contributed by atoms with Gasteiger partial charge in [0.05, 0.1) is 0 Å². The minimum absolute atomic E-state index is 0.0437. The predicted octanol–water partition coefficient (Wildman–Crippen LogP) is 2.64. The summed E-state index contributed by atoms with van der Waals surface area (Å²) >= 11 is 3.41. The Morgan fingerprint density at radius 3 is 2.62 bits per heavy atom. The molecular formula is C16H18BrN3O. The third-order valence-corrected chi connectivity index (χ3v) is 3.51. The highest BCUT2D eigenvalue weighted by molar-refractivity contribution is 9.10. The van der Waals surface area contributed by atoms with E-state index in [1.807, 2.05) is 24.3 Å². The Labute approximate surface area is 133 Å². The summed E-state index contributed by atoms with van der Waals surface area (Å²) in [5.74, 6) is 0.0437. The van der Waals surface area contributed by atoms with E-state index in [0.29, 0.717) is 19.5 Å². The first-order valence-electron chi connectivity index (χ1n) is 6.85. The summed E-state index contributed by atoms with van der Waals surface area (Å²) in [5.41, 5.74) is 2.21. The molecule has 2 N–H and O–H groups in total. The minimum Gasteiger partial charge on any atom is -0.352 e. The Morgan fingerprint density at radius 2 is 1.90 bits per heavy atom. The van der Waals surface area contributed by atoms with Crippen LogP contribution in [0.4, 0.5) is 0 Å². The lowest BCUT2D eigenvalue weighted by molar-refractivity contribution is -0.121. The molecule has 0 saturated heterocycles. The van der Waals surface area contributed by atoms with Crippen LogP contribution in [0.5, 0.6) is 0 Å². The molecule has 1 aromatic heterocycles. The molecule has 0 saturated carbocycles. The molecule has 0 bridgehead atoms. The molecule has 4 nitrogen and oxygen atoms in total. The molecule has 1 heterocycles. The van der Waals surface area contributed by atoms with Crippen LogP contribution in [-0.2, 0) is 17.9 Å². The Kier molecular flexibility index (Phi) is 6.37. The van der Waals surface area contributed by atoms with Gasteiger partial charge in [0, 0.05) is 42.9 Å². The van der Waals surface area contributed by atoms with Crippen molar-refractivity contribution in [1.82, 2.24) is 15.6 Å². The highest BCUT2D eigenvalue weighted by atomic mass is 79.9. The summed E-state index contributed by atoms with van der Waals surface area (Å²) in [6.45, 7) is 1.96. The first-order valence-corrected chi connectivity index (χ1v) is 7.64. The number of benzene rings is 1. The fraction of sp³-hybridized carbons (Fsp3) is 0.250. The zero-order valence-electron chi connectivity index (χ0n) is 11.7. The number of pyridine rings is 1. The summed E-state index contributed by atoms with van der Waals surface area (Å²) in [6, 6.07) is 11.9. The van der Waals surface area contributed by atoms with Gasteiger partial charge in [0.2, 0.25) is 5.91 Å². The molecular weight excluding hydrogens is 330 g/mol. The lowest BCUT2D eigenvalue weighted by Crippen LogP contribution is -2.27. The van der Waals surface area contributed by atoms with E-state index < -0.39 is 0 Å². The largest absolute Gasteiger partial charge is 0.352 e. The Morgan fingerprint density at radius 1 is 1.10 bits per heavy atom. The molecule has 0 fully saturated rings. The SMILES string of the molecule is O=C(CCNCc1ccc(Br)cc1)NCc1cccnc1. The van der Waals surface area contributed by atoms with Crippen molar-refractivity contribution in [3.63, 3.8) is 0 Å². The van der Waals surface area contributed by atoms with E-state index in [2.05, 4.69) is 43.7 Å². The molecule has 0 spiro atoms. The van der Waals surface area contributed by atoms with Crippen molar-refractivity contribution in [3.8, 4) is 0 Å². The van der Waals surface area contributed by atoms with Crippen LogP contribution in [0.1, 0.15) is 17.5 Å². The molecule has 0 unspecified atom stereocenters. The Bertz CT molecular complexity index is 557. The van der Waals surface area contributed by atoms with Crippen LogP contribution >= 0.6 is 15.9 Å². The number of aromatic nitrogens is 1. The number of rotatable bonds is 7. The van der Waals surface area contributed by atoms with E-state index in [1.54, 1.807) is 12.4 Å². The van der Waals surface area contributed by atoms with Gasteiger partial charge in [-0.3, -0.25) is 9.78 Å². The van der Waals surface area contributed by atoms with Crippen LogP contribution in [0.3, 0.4) is 0 Å². The highest BCUT2D eigenvalue weighted by Crippen LogP contribution is 2.10. The monoisotopic (exact) mass is 347 g/mol. The summed E-state index contributed by atoms with van der Waals surface area (Å²) in [7, 11) is 0. The highest BCUT2D eigenvalue weighted by Gasteiger charge is 2.01. The second-order valence-electron chi connectivity index (χ2n) is 4.69. The van der Waals surface area contributed by atoms with E-state index >= 15 is 0 Å². The van der Waals surface area contributed by atoms with Crippen LogP contribution in [0.2, 0.25) is 0 Å². The zero-order chi connectivity index (χ0) is 14.9. The molecule has 0 aliphatic carbocycles. The maximum absolute atomic E-state index is 11.7. The topological polar surface area (TPSA) is 54.0 Å². The van der Waals surface area contributed by atoms with Gasteiger partial charge in [0.25, 0.3) is 0 Å². The molecule has 0 atom stereocenters. The van der Waals surface area contributed by atoms with Crippen molar-refractivity contribution in [2.24, 2.45) is 0 Å². The Balaban J connectivity index is 1.60. The maximum atomic E-state index is 11.7. The van der Waals surface area contributed by atoms with Crippen molar-refractivity contribution in [2.45, 2.75) is 19.5 Å². The first kappa shape index (κ1) is 15.7. The zero-order valence-corrected chi connectivity index (χ0v) is 13.3. The van der Waals surface area contributed by atoms with Gasteiger partial charge < -0.3 is 10.6 Å². The van der Waals surface area contributed by atoms with Gasteiger partial charge in [0.1, 0.15) is 0 Å². The number of hydrogen-bond donors (Lipinski definition) is 2. The number of nitrogens with one attached hydrogen (secondary N) is 2. The molecule has 110 valence electrons. The van der Waals surface area contributed by atoms with Crippen LogP contribution in [0.15, 0.2) is 53.3 Å². The number of nitrogens with zero attached hydrogens (tertiary/aromatic N) is 1. The Hall–Kier alpha value is -1.72.